The van der Waals surface area contributed by atoms with Gasteiger partial charge in [0, 0.05) is 25.4 Å². The van der Waals surface area contributed by atoms with Gasteiger partial charge in [0.2, 0.25) is 21.8 Å². The Balaban J connectivity index is 1.77. The Bertz CT molecular complexity index is 1570. The minimum Gasteiger partial charge on any atom is -0.357 e. The Morgan fingerprint density at radius 3 is 2.18 bits per heavy atom. The number of nitrogens with one attached hydrogen (secondary N) is 1. The average Bonchev–Trinajstić information content (AvgIpc) is 2.93. The maximum absolute atomic E-state index is 14.1. The quantitative estimate of drug-likeness (QED) is 0.323. The summed E-state index contributed by atoms with van der Waals surface area (Å²) in [4.78, 5) is 28.8. The summed E-state index contributed by atoms with van der Waals surface area (Å²) in [5.74, 6) is -0.796. The Morgan fingerprint density at radius 2 is 1.49 bits per heavy atom. The van der Waals surface area contributed by atoms with E-state index in [0.717, 1.165) is 38.0 Å². The number of nitrogens with zero attached hydrogens (tertiary/aromatic N) is 2. The Morgan fingerprint density at radius 1 is 0.846 bits per heavy atom. The monoisotopic (exact) mass is 543 g/mol. The van der Waals surface area contributed by atoms with Crippen LogP contribution in [0.1, 0.15) is 16.7 Å². The van der Waals surface area contributed by atoms with Crippen LogP contribution in [0.25, 0.3) is 10.8 Å². The van der Waals surface area contributed by atoms with Crippen molar-refractivity contribution in [3.05, 3.63) is 114 Å². The van der Waals surface area contributed by atoms with Crippen molar-refractivity contribution in [2.75, 3.05) is 24.2 Å². The predicted octanol–water partition coefficient (Wildman–Crippen LogP) is 4.30. The van der Waals surface area contributed by atoms with E-state index < -0.39 is 28.5 Å². The van der Waals surface area contributed by atoms with Crippen LogP contribution < -0.4 is 9.62 Å². The zero-order valence-corrected chi connectivity index (χ0v) is 23.2. The molecule has 1 N–H and O–H groups in total. The van der Waals surface area contributed by atoms with Crippen molar-refractivity contribution in [1.82, 2.24) is 10.2 Å². The van der Waals surface area contributed by atoms with E-state index in [4.69, 9.17) is 0 Å². The number of fused-ring (bicyclic) bond motifs is 1. The van der Waals surface area contributed by atoms with Gasteiger partial charge in [-0.15, -0.1) is 0 Å². The number of aryl methyl sites for hydroxylation is 1. The fraction of sp³-hybridized carbons (Fsp3) is 0.226. The SMILES string of the molecule is CNC(=O)[C@H](Cc1ccccc1)N(Cc1cccc(C)c1)C(=O)CN(c1cccc2ccccc12)S(C)(=O)=O. The largest absolute Gasteiger partial charge is 0.357 e. The first-order chi connectivity index (χ1) is 18.7. The number of benzene rings is 4. The number of hydrogen-bond acceptors (Lipinski definition) is 4. The predicted molar refractivity (Wildman–Crippen MR) is 156 cm³/mol. The number of hydrogen-bond donors (Lipinski definition) is 1. The van der Waals surface area contributed by atoms with Crippen LogP contribution in [0.15, 0.2) is 97.1 Å². The molecule has 0 aliphatic rings. The molecule has 0 fully saturated rings. The van der Waals surface area contributed by atoms with Crippen LogP contribution in [0, 0.1) is 6.92 Å². The van der Waals surface area contributed by atoms with Gasteiger partial charge in [0.25, 0.3) is 0 Å². The lowest BCUT2D eigenvalue weighted by molar-refractivity contribution is -0.139. The third-order valence-electron chi connectivity index (χ3n) is 6.67. The number of sulfonamides is 1. The normalized spacial score (nSPS) is 12.1. The molecular formula is C31H33N3O4S. The topological polar surface area (TPSA) is 86.8 Å². The van der Waals surface area contributed by atoms with Gasteiger partial charge in [-0.05, 0) is 29.5 Å². The Labute approximate surface area is 230 Å². The van der Waals surface area contributed by atoms with Gasteiger partial charge in [0.1, 0.15) is 12.6 Å². The zero-order chi connectivity index (χ0) is 28.0. The van der Waals surface area contributed by atoms with Gasteiger partial charge in [-0.25, -0.2) is 8.42 Å². The van der Waals surface area contributed by atoms with E-state index in [2.05, 4.69) is 5.32 Å². The standard InChI is InChI=1S/C31H33N3O4S/c1-23-11-9-14-25(19-23)21-33(29(31(36)32-2)20-24-12-5-4-6-13-24)30(35)22-34(39(3,37)38)28-18-10-16-26-15-7-8-17-27(26)28/h4-19,29H,20-22H2,1-3H3,(H,32,36)/t29-/m0/s1. The first-order valence-corrected chi connectivity index (χ1v) is 14.6. The van der Waals surface area contributed by atoms with Crippen LogP contribution in [0.4, 0.5) is 5.69 Å². The Hall–Kier alpha value is -4.17. The lowest BCUT2D eigenvalue weighted by Crippen LogP contribution is -2.52. The number of anilines is 1. The second-order valence-electron chi connectivity index (χ2n) is 9.60. The molecule has 1 atom stereocenters. The summed E-state index contributed by atoms with van der Waals surface area (Å²) in [6, 6.07) is 29.1. The van der Waals surface area contributed by atoms with E-state index in [1.807, 2.05) is 91.9 Å². The van der Waals surface area contributed by atoms with Gasteiger partial charge in [-0.3, -0.25) is 13.9 Å². The maximum Gasteiger partial charge on any atom is 0.244 e. The molecule has 4 aromatic carbocycles. The summed E-state index contributed by atoms with van der Waals surface area (Å²) in [5, 5.41) is 4.27. The summed E-state index contributed by atoms with van der Waals surface area (Å²) < 4.78 is 27.3. The van der Waals surface area contributed by atoms with Gasteiger partial charge < -0.3 is 10.2 Å². The van der Waals surface area contributed by atoms with Crippen LogP contribution in [-0.2, 0) is 32.6 Å². The van der Waals surface area contributed by atoms with Crippen molar-refractivity contribution in [3.8, 4) is 0 Å². The first kappa shape index (κ1) is 27.9. The van der Waals surface area contributed by atoms with Gasteiger partial charge in [0.15, 0.2) is 0 Å². The van der Waals surface area contributed by atoms with Crippen molar-refractivity contribution in [3.63, 3.8) is 0 Å². The van der Waals surface area contributed by atoms with Crippen LogP contribution in [0.5, 0.6) is 0 Å². The van der Waals surface area contributed by atoms with E-state index in [0.29, 0.717) is 5.69 Å². The summed E-state index contributed by atoms with van der Waals surface area (Å²) >= 11 is 0. The fourth-order valence-corrected chi connectivity index (χ4v) is 5.61. The van der Waals surface area contributed by atoms with Gasteiger partial charge in [-0.1, -0.05) is 96.6 Å². The minimum atomic E-state index is -3.84. The molecule has 0 radical (unpaired) electrons. The fourth-order valence-electron chi connectivity index (χ4n) is 4.75. The third-order valence-corrected chi connectivity index (χ3v) is 7.79. The van der Waals surface area contributed by atoms with Crippen molar-refractivity contribution >= 4 is 38.3 Å². The highest BCUT2D eigenvalue weighted by Crippen LogP contribution is 2.29. The molecular weight excluding hydrogens is 510 g/mol. The van der Waals surface area contributed by atoms with Crippen molar-refractivity contribution in [2.45, 2.75) is 25.9 Å². The molecule has 2 amide bonds. The molecule has 0 spiro atoms. The summed E-state index contributed by atoms with van der Waals surface area (Å²) in [6.45, 7) is 1.67. The zero-order valence-electron chi connectivity index (χ0n) is 22.4. The van der Waals surface area contributed by atoms with E-state index in [9.17, 15) is 18.0 Å². The molecule has 8 heteroatoms. The molecule has 0 aromatic heterocycles. The number of carbonyl (C=O) groups excluding carboxylic acids is 2. The molecule has 7 nitrogen and oxygen atoms in total. The Kier molecular flexibility index (Phi) is 8.66. The van der Waals surface area contributed by atoms with Crippen molar-refractivity contribution in [1.29, 1.82) is 0 Å². The van der Waals surface area contributed by atoms with Crippen LogP contribution in [0.3, 0.4) is 0 Å². The molecule has 39 heavy (non-hydrogen) atoms. The second-order valence-corrected chi connectivity index (χ2v) is 11.5. The molecule has 0 aliphatic heterocycles. The van der Waals surface area contributed by atoms with Crippen molar-refractivity contribution in [2.24, 2.45) is 0 Å². The number of amides is 2. The van der Waals surface area contributed by atoms with Crippen LogP contribution >= 0.6 is 0 Å². The van der Waals surface area contributed by atoms with Crippen LogP contribution in [-0.4, -0.2) is 51.0 Å². The van der Waals surface area contributed by atoms with E-state index in [1.165, 1.54) is 11.9 Å². The van der Waals surface area contributed by atoms with Crippen LogP contribution in [0.2, 0.25) is 0 Å². The summed E-state index contributed by atoms with van der Waals surface area (Å²) in [7, 11) is -2.31. The highest BCUT2D eigenvalue weighted by atomic mass is 32.2. The molecule has 0 unspecified atom stereocenters. The molecule has 4 rings (SSSR count). The smallest absolute Gasteiger partial charge is 0.244 e. The average molecular weight is 544 g/mol. The second kappa shape index (κ2) is 12.1. The number of likely N-dealkylation sites (N-methyl/N-ethyl adjacent to an activating group) is 1. The molecule has 4 aromatic rings. The maximum atomic E-state index is 14.1. The molecule has 0 saturated heterocycles. The van der Waals surface area contributed by atoms with Gasteiger partial charge in [0.05, 0.1) is 11.9 Å². The lowest BCUT2D eigenvalue weighted by atomic mass is 10.0. The van der Waals surface area contributed by atoms with E-state index >= 15 is 0 Å². The van der Waals surface area contributed by atoms with Crippen molar-refractivity contribution < 1.29 is 18.0 Å². The summed E-state index contributed by atoms with van der Waals surface area (Å²) in [6.07, 6.45) is 1.37. The van der Waals surface area contributed by atoms with Gasteiger partial charge in [-0.2, -0.15) is 0 Å². The minimum absolute atomic E-state index is 0.151. The van der Waals surface area contributed by atoms with E-state index in [1.54, 1.807) is 12.1 Å². The number of carbonyl (C=O) groups is 2. The third kappa shape index (κ3) is 6.83. The highest BCUT2D eigenvalue weighted by Gasteiger charge is 2.33. The van der Waals surface area contributed by atoms with Gasteiger partial charge >= 0.3 is 0 Å². The summed E-state index contributed by atoms with van der Waals surface area (Å²) in [5.41, 5.74) is 3.18. The first-order valence-electron chi connectivity index (χ1n) is 12.7. The highest BCUT2D eigenvalue weighted by molar-refractivity contribution is 7.92. The lowest BCUT2D eigenvalue weighted by Gasteiger charge is -2.33. The molecule has 0 bridgehead atoms. The molecule has 0 saturated carbocycles. The molecule has 0 heterocycles. The molecule has 202 valence electrons. The van der Waals surface area contributed by atoms with E-state index in [-0.39, 0.29) is 18.9 Å². The molecule has 0 aliphatic carbocycles. The number of rotatable bonds is 10.